The Labute approximate surface area is 241 Å². The van der Waals surface area contributed by atoms with Crippen molar-refractivity contribution in [1.82, 2.24) is 34.8 Å². The summed E-state index contributed by atoms with van der Waals surface area (Å²) < 4.78 is 23.0. The van der Waals surface area contributed by atoms with Crippen molar-refractivity contribution in [3.8, 4) is 11.5 Å². The number of fused-ring (bicyclic) bond motifs is 2. The number of pyridine rings is 1. The quantitative estimate of drug-likeness (QED) is 0.278. The molecule has 4 heterocycles. The van der Waals surface area contributed by atoms with Crippen LogP contribution in [0.25, 0.3) is 21.9 Å². The summed E-state index contributed by atoms with van der Waals surface area (Å²) in [4.78, 5) is 30.1. The molecular weight excluding hydrogens is 537 g/mol. The minimum atomic E-state index is -0.517. The molecule has 214 valence electrons. The Balaban J connectivity index is 1.27. The van der Waals surface area contributed by atoms with E-state index in [4.69, 9.17) is 4.74 Å². The fraction of sp³-hybridized carbons (Fsp3) is 0.267. The van der Waals surface area contributed by atoms with Gasteiger partial charge >= 0.3 is 0 Å². The summed E-state index contributed by atoms with van der Waals surface area (Å²) in [6, 6.07) is 10.2. The second-order valence-corrected chi connectivity index (χ2v) is 10.7. The fourth-order valence-electron chi connectivity index (χ4n) is 4.99. The third kappa shape index (κ3) is 5.12. The molecule has 3 aromatic heterocycles. The van der Waals surface area contributed by atoms with Crippen molar-refractivity contribution in [2.24, 2.45) is 13.0 Å². The number of nitrogens with zero attached hydrogens (tertiary/aromatic N) is 8. The van der Waals surface area contributed by atoms with Crippen LogP contribution in [0.5, 0.6) is 11.5 Å². The molecule has 42 heavy (non-hydrogen) atoms. The van der Waals surface area contributed by atoms with E-state index >= 15 is 4.39 Å². The van der Waals surface area contributed by atoms with Crippen molar-refractivity contribution in [2.75, 3.05) is 37.4 Å². The molecule has 0 aliphatic carbocycles. The molecule has 2 aromatic carbocycles. The van der Waals surface area contributed by atoms with Crippen LogP contribution in [0.15, 0.2) is 60.6 Å². The predicted octanol–water partition coefficient (Wildman–Crippen LogP) is 4.76. The van der Waals surface area contributed by atoms with Crippen LogP contribution < -0.4 is 15.0 Å². The van der Waals surface area contributed by atoms with Crippen LogP contribution in [0.1, 0.15) is 12.5 Å². The second kappa shape index (κ2) is 10.8. The summed E-state index contributed by atoms with van der Waals surface area (Å²) in [6.45, 7) is 5.07. The summed E-state index contributed by atoms with van der Waals surface area (Å²) >= 11 is 0. The van der Waals surface area contributed by atoms with Gasteiger partial charge in [-0.3, -0.25) is 9.69 Å². The number of ether oxygens (including phenoxy) is 1. The number of anilines is 3. The second-order valence-electron chi connectivity index (χ2n) is 10.7. The number of benzene rings is 2. The van der Waals surface area contributed by atoms with Crippen LogP contribution in [0.3, 0.4) is 0 Å². The van der Waals surface area contributed by atoms with E-state index in [1.807, 2.05) is 52.0 Å². The summed E-state index contributed by atoms with van der Waals surface area (Å²) in [5, 5.41) is 11.8. The first kappa shape index (κ1) is 27.2. The highest BCUT2D eigenvalue weighted by atomic mass is 19.1. The first-order valence-corrected chi connectivity index (χ1v) is 13.5. The molecule has 0 saturated carbocycles. The van der Waals surface area contributed by atoms with Crippen molar-refractivity contribution in [2.45, 2.75) is 13.8 Å². The molecule has 1 fully saturated rings. The van der Waals surface area contributed by atoms with Gasteiger partial charge in [-0.05, 0) is 50.8 Å². The molecular formula is C30H30FN9O2. The Morgan fingerprint density at radius 2 is 1.98 bits per heavy atom. The Kier molecular flexibility index (Phi) is 6.99. The minimum Gasteiger partial charge on any atom is -0.457 e. The zero-order valence-electron chi connectivity index (χ0n) is 24.0. The van der Waals surface area contributed by atoms with Crippen LogP contribution in [-0.4, -0.2) is 67.9 Å². The van der Waals surface area contributed by atoms with Crippen molar-refractivity contribution in [3.05, 3.63) is 72.0 Å². The van der Waals surface area contributed by atoms with Gasteiger partial charge in [-0.2, -0.15) is 0 Å². The van der Waals surface area contributed by atoms with Gasteiger partial charge in [0.15, 0.2) is 0 Å². The molecule has 1 saturated heterocycles. The van der Waals surface area contributed by atoms with E-state index in [-0.39, 0.29) is 17.5 Å². The molecule has 1 atom stereocenters. The highest BCUT2D eigenvalue weighted by Crippen LogP contribution is 2.34. The SMILES string of the molecule is Cc1cc(Nc2ncnc3cnc(N4CC(C)/C(=C\CN(C)C)C4=O)cc23)c(F)cc1Oc1ccc2c(c1)nnn2C. The number of halogens is 1. The monoisotopic (exact) mass is 567 g/mol. The number of carbonyl (C=O) groups excluding carboxylic acids is 1. The van der Waals surface area contributed by atoms with E-state index in [9.17, 15) is 4.79 Å². The molecule has 6 rings (SSSR count). The van der Waals surface area contributed by atoms with E-state index < -0.39 is 5.82 Å². The lowest BCUT2D eigenvalue weighted by molar-refractivity contribution is -0.114. The largest absolute Gasteiger partial charge is 0.457 e. The Morgan fingerprint density at radius 3 is 2.79 bits per heavy atom. The average molecular weight is 568 g/mol. The van der Waals surface area contributed by atoms with Crippen molar-refractivity contribution >= 4 is 45.2 Å². The van der Waals surface area contributed by atoms with Gasteiger partial charge in [0.1, 0.15) is 40.8 Å². The Morgan fingerprint density at radius 1 is 1.14 bits per heavy atom. The molecule has 11 nitrogen and oxygen atoms in total. The smallest absolute Gasteiger partial charge is 0.255 e. The predicted molar refractivity (Wildman–Crippen MR) is 158 cm³/mol. The maximum absolute atomic E-state index is 15.4. The number of nitrogens with one attached hydrogen (secondary N) is 1. The molecule has 12 heteroatoms. The zero-order valence-corrected chi connectivity index (χ0v) is 24.0. The maximum Gasteiger partial charge on any atom is 0.255 e. The van der Waals surface area contributed by atoms with Gasteiger partial charge < -0.3 is 15.0 Å². The topological polar surface area (TPSA) is 114 Å². The molecule has 1 aliphatic heterocycles. The van der Waals surface area contributed by atoms with Crippen molar-refractivity contribution < 1.29 is 13.9 Å². The Bertz CT molecular complexity index is 1870. The molecule has 1 N–H and O–H groups in total. The number of rotatable bonds is 7. The first-order chi connectivity index (χ1) is 20.2. The lowest BCUT2D eigenvalue weighted by Crippen LogP contribution is -2.26. The average Bonchev–Trinajstić information content (AvgIpc) is 3.47. The van der Waals surface area contributed by atoms with Gasteiger partial charge in [0, 0.05) is 49.1 Å². The number of carbonyl (C=O) groups is 1. The van der Waals surface area contributed by atoms with E-state index in [1.165, 1.54) is 12.4 Å². The lowest BCUT2D eigenvalue weighted by atomic mass is 10.0. The molecule has 0 bridgehead atoms. The Hall–Kier alpha value is -4.97. The first-order valence-electron chi connectivity index (χ1n) is 13.5. The molecule has 1 unspecified atom stereocenters. The molecule has 1 aliphatic rings. The summed E-state index contributed by atoms with van der Waals surface area (Å²) in [6.07, 6.45) is 4.96. The summed E-state index contributed by atoms with van der Waals surface area (Å²) in [7, 11) is 5.74. The van der Waals surface area contributed by atoms with Gasteiger partial charge in [-0.25, -0.2) is 24.0 Å². The molecule has 0 spiro atoms. The minimum absolute atomic E-state index is 0.0694. The van der Waals surface area contributed by atoms with Gasteiger partial charge in [0.05, 0.1) is 22.9 Å². The van der Waals surface area contributed by atoms with Gasteiger partial charge in [-0.15, -0.1) is 5.10 Å². The van der Waals surface area contributed by atoms with Crippen molar-refractivity contribution in [1.29, 1.82) is 0 Å². The van der Waals surface area contributed by atoms with Crippen LogP contribution in [0.4, 0.5) is 21.7 Å². The van der Waals surface area contributed by atoms with Gasteiger partial charge in [-0.1, -0.05) is 18.2 Å². The third-order valence-corrected chi connectivity index (χ3v) is 7.27. The number of amides is 1. The van der Waals surface area contributed by atoms with Crippen LogP contribution in [0, 0.1) is 18.7 Å². The zero-order chi connectivity index (χ0) is 29.5. The van der Waals surface area contributed by atoms with Crippen LogP contribution >= 0.6 is 0 Å². The number of hydrogen-bond donors (Lipinski definition) is 1. The van der Waals surface area contributed by atoms with Gasteiger partial charge in [0.25, 0.3) is 5.91 Å². The molecule has 0 radical (unpaired) electrons. The molecule has 1 amide bonds. The molecule has 5 aromatic rings. The lowest BCUT2D eigenvalue weighted by Gasteiger charge is -2.16. The fourth-order valence-corrected chi connectivity index (χ4v) is 4.99. The normalized spacial score (nSPS) is 16.4. The van der Waals surface area contributed by atoms with Crippen LogP contribution in [0.2, 0.25) is 0 Å². The summed E-state index contributed by atoms with van der Waals surface area (Å²) in [5.74, 6) is 1.27. The third-order valence-electron chi connectivity index (χ3n) is 7.27. The number of hydrogen-bond acceptors (Lipinski definition) is 9. The summed E-state index contributed by atoms with van der Waals surface area (Å²) in [5.41, 5.74) is 3.82. The standard InChI is InChI=1S/C30H30FN9O2/c1-17-10-23(22(31)13-27(17)42-19-6-7-26-24(11-19)36-37-39(26)5)35-29-21-12-28(32-14-25(21)33-16-34-29)40-15-18(2)20(30(40)41)8-9-38(3)4/h6-8,10-14,16,18H,9,15H2,1-5H3,(H,33,34,35)/b20-8+. The highest BCUT2D eigenvalue weighted by molar-refractivity contribution is 6.09. The van der Waals surface area contributed by atoms with E-state index in [0.29, 0.717) is 58.2 Å². The maximum atomic E-state index is 15.4. The highest BCUT2D eigenvalue weighted by Gasteiger charge is 2.34. The van der Waals surface area contributed by atoms with Crippen molar-refractivity contribution in [3.63, 3.8) is 0 Å². The van der Waals surface area contributed by atoms with Crippen LogP contribution in [-0.2, 0) is 11.8 Å². The van der Waals surface area contributed by atoms with E-state index in [0.717, 1.165) is 11.1 Å². The van der Waals surface area contributed by atoms with Gasteiger partial charge in [0.2, 0.25) is 0 Å². The van der Waals surface area contributed by atoms with E-state index in [1.54, 1.807) is 40.0 Å². The van der Waals surface area contributed by atoms with E-state index in [2.05, 4.69) is 30.6 Å². The number of aryl methyl sites for hydroxylation is 2. The number of aromatic nitrogens is 6. The number of likely N-dealkylation sites (N-methyl/N-ethyl adjacent to an activating group) is 1.